The Balaban J connectivity index is 1.68. The highest BCUT2D eigenvalue weighted by molar-refractivity contribution is 7.10. The number of hydrogen-bond donors (Lipinski definition) is 1. The van der Waals surface area contributed by atoms with E-state index in [0.29, 0.717) is 0 Å². The molecule has 1 N–H and O–H groups in total. The molecule has 0 aliphatic heterocycles. The van der Waals surface area contributed by atoms with Gasteiger partial charge in [0.05, 0.1) is 6.10 Å². The Morgan fingerprint density at radius 1 is 1.12 bits per heavy atom. The number of hydrogen-bond acceptors (Lipinski definition) is 2. The van der Waals surface area contributed by atoms with Crippen molar-refractivity contribution in [1.82, 2.24) is 0 Å². The van der Waals surface area contributed by atoms with Gasteiger partial charge in [0.25, 0.3) is 0 Å². The van der Waals surface area contributed by atoms with Crippen LogP contribution < -0.4 is 0 Å². The van der Waals surface area contributed by atoms with Crippen molar-refractivity contribution in [3.63, 3.8) is 0 Å². The fraction of sp³-hybridized carbons (Fsp3) is 0.733. The summed E-state index contributed by atoms with van der Waals surface area (Å²) in [7, 11) is 0. The summed E-state index contributed by atoms with van der Waals surface area (Å²) in [6, 6.07) is 4.19. The lowest BCUT2D eigenvalue weighted by Gasteiger charge is -2.58. The molecule has 4 aliphatic rings. The number of thiophene rings is 1. The molecule has 92 valence electrons. The first-order valence-corrected chi connectivity index (χ1v) is 7.85. The SMILES string of the molecule is OC(c1cccs1)C12CC3CC(CC(C3)C1)C2. The number of aliphatic hydroxyl groups excluding tert-OH is 1. The predicted molar refractivity (Wildman–Crippen MR) is 69.9 cm³/mol. The number of rotatable bonds is 2. The molecular weight excluding hydrogens is 228 g/mol. The fourth-order valence-electron chi connectivity index (χ4n) is 5.26. The highest BCUT2D eigenvalue weighted by atomic mass is 32.1. The molecule has 0 saturated heterocycles. The Morgan fingerprint density at radius 2 is 1.71 bits per heavy atom. The second-order valence-corrected chi connectivity index (χ2v) is 7.68. The van der Waals surface area contributed by atoms with Crippen molar-refractivity contribution in [2.45, 2.75) is 44.6 Å². The Bertz CT molecular complexity index is 373. The topological polar surface area (TPSA) is 20.2 Å². The maximum Gasteiger partial charge on any atom is 0.0938 e. The zero-order chi connectivity index (χ0) is 11.5. The molecule has 5 rings (SSSR count). The zero-order valence-electron chi connectivity index (χ0n) is 10.1. The molecule has 2 heteroatoms. The maximum atomic E-state index is 10.8. The molecule has 4 aliphatic carbocycles. The van der Waals surface area contributed by atoms with E-state index in [1.165, 1.54) is 43.4 Å². The van der Waals surface area contributed by atoms with E-state index in [1.54, 1.807) is 11.3 Å². The predicted octanol–water partition coefficient (Wildman–Crippen LogP) is 4.00. The molecule has 1 heterocycles. The summed E-state index contributed by atoms with van der Waals surface area (Å²) in [4.78, 5) is 1.20. The molecule has 1 atom stereocenters. The summed E-state index contributed by atoms with van der Waals surface area (Å²) in [5.74, 6) is 2.78. The van der Waals surface area contributed by atoms with Gasteiger partial charge in [-0.2, -0.15) is 0 Å². The molecule has 0 radical (unpaired) electrons. The summed E-state index contributed by atoms with van der Waals surface area (Å²) in [5.41, 5.74) is 0.250. The molecule has 4 fully saturated rings. The first-order valence-electron chi connectivity index (χ1n) is 6.97. The van der Waals surface area contributed by atoms with E-state index in [0.717, 1.165) is 17.8 Å². The van der Waals surface area contributed by atoms with E-state index in [2.05, 4.69) is 17.5 Å². The molecule has 1 unspecified atom stereocenters. The van der Waals surface area contributed by atoms with Crippen LogP contribution >= 0.6 is 11.3 Å². The standard InChI is InChI=1S/C15H20OS/c16-14(13-2-1-3-17-13)15-7-10-4-11(8-15)6-12(5-10)9-15/h1-3,10-12,14,16H,4-9H2. The minimum atomic E-state index is -0.184. The Morgan fingerprint density at radius 3 is 2.18 bits per heavy atom. The molecule has 0 spiro atoms. The van der Waals surface area contributed by atoms with Crippen molar-refractivity contribution < 1.29 is 5.11 Å². The van der Waals surface area contributed by atoms with Crippen LogP contribution in [-0.4, -0.2) is 5.11 Å². The largest absolute Gasteiger partial charge is 0.387 e. The van der Waals surface area contributed by atoms with Crippen LogP contribution in [0, 0.1) is 23.2 Å². The molecule has 4 saturated carbocycles. The van der Waals surface area contributed by atoms with Crippen molar-refractivity contribution in [2.24, 2.45) is 23.2 Å². The summed E-state index contributed by atoms with van der Waals surface area (Å²) < 4.78 is 0. The van der Waals surface area contributed by atoms with Gasteiger partial charge in [0.15, 0.2) is 0 Å². The third-order valence-corrected chi connectivity index (χ3v) is 6.40. The lowest BCUT2D eigenvalue weighted by atomic mass is 9.48. The maximum absolute atomic E-state index is 10.8. The molecule has 17 heavy (non-hydrogen) atoms. The van der Waals surface area contributed by atoms with Gasteiger partial charge in [0.1, 0.15) is 0 Å². The molecule has 0 amide bonds. The minimum Gasteiger partial charge on any atom is -0.387 e. The first kappa shape index (κ1) is 10.6. The summed E-state index contributed by atoms with van der Waals surface area (Å²) >= 11 is 1.73. The highest BCUT2D eigenvalue weighted by Gasteiger charge is 2.54. The van der Waals surface area contributed by atoms with Gasteiger partial charge in [-0.05, 0) is 67.7 Å². The van der Waals surface area contributed by atoms with Gasteiger partial charge in [0, 0.05) is 10.3 Å². The van der Waals surface area contributed by atoms with E-state index < -0.39 is 0 Å². The number of aliphatic hydroxyl groups is 1. The molecule has 4 bridgehead atoms. The second-order valence-electron chi connectivity index (χ2n) is 6.70. The molecular formula is C15H20OS. The summed E-state index contributed by atoms with van der Waals surface area (Å²) in [5, 5.41) is 12.9. The van der Waals surface area contributed by atoms with Gasteiger partial charge >= 0.3 is 0 Å². The van der Waals surface area contributed by atoms with Crippen LogP contribution in [0.5, 0.6) is 0 Å². The van der Waals surface area contributed by atoms with Gasteiger partial charge < -0.3 is 5.11 Å². The van der Waals surface area contributed by atoms with Crippen molar-refractivity contribution in [1.29, 1.82) is 0 Å². The van der Waals surface area contributed by atoms with Crippen LogP contribution in [0.2, 0.25) is 0 Å². The third-order valence-electron chi connectivity index (χ3n) is 5.48. The van der Waals surface area contributed by atoms with Crippen LogP contribution in [0.3, 0.4) is 0 Å². The monoisotopic (exact) mass is 248 g/mol. The van der Waals surface area contributed by atoms with Gasteiger partial charge in [-0.1, -0.05) is 6.07 Å². The van der Waals surface area contributed by atoms with Crippen molar-refractivity contribution in [3.8, 4) is 0 Å². The summed E-state index contributed by atoms with van der Waals surface area (Å²) in [6.07, 6.45) is 8.05. The summed E-state index contributed by atoms with van der Waals surface area (Å²) in [6.45, 7) is 0. The lowest BCUT2D eigenvalue weighted by Crippen LogP contribution is -2.48. The fourth-order valence-corrected chi connectivity index (χ4v) is 6.11. The molecule has 1 aromatic rings. The second kappa shape index (κ2) is 3.58. The third kappa shape index (κ3) is 1.53. The van der Waals surface area contributed by atoms with Gasteiger partial charge in [-0.25, -0.2) is 0 Å². The smallest absolute Gasteiger partial charge is 0.0938 e. The van der Waals surface area contributed by atoms with E-state index in [4.69, 9.17) is 0 Å². The lowest BCUT2D eigenvalue weighted by molar-refractivity contribution is -0.121. The Labute approximate surface area is 107 Å². The quantitative estimate of drug-likeness (QED) is 0.838. The van der Waals surface area contributed by atoms with Crippen LogP contribution in [-0.2, 0) is 0 Å². The van der Waals surface area contributed by atoms with Crippen LogP contribution in [0.25, 0.3) is 0 Å². The molecule has 1 aromatic heterocycles. The van der Waals surface area contributed by atoms with Gasteiger partial charge in [0.2, 0.25) is 0 Å². The minimum absolute atomic E-state index is 0.184. The van der Waals surface area contributed by atoms with Gasteiger partial charge in [-0.15, -0.1) is 11.3 Å². The highest BCUT2D eigenvalue weighted by Crippen LogP contribution is 2.64. The zero-order valence-corrected chi connectivity index (χ0v) is 11.0. The van der Waals surface area contributed by atoms with Crippen molar-refractivity contribution >= 4 is 11.3 Å². The van der Waals surface area contributed by atoms with Crippen LogP contribution in [0.15, 0.2) is 17.5 Å². The molecule has 1 nitrogen and oxygen atoms in total. The average Bonchev–Trinajstić information content (AvgIpc) is 2.79. The Kier molecular flexibility index (Phi) is 2.23. The van der Waals surface area contributed by atoms with E-state index in [1.807, 2.05) is 0 Å². The van der Waals surface area contributed by atoms with Crippen LogP contribution in [0.1, 0.15) is 49.5 Å². The average molecular weight is 248 g/mol. The molecule has 0 aromatic carbocycles. The van der Waals surface area contributed by atoms with Crippen molar-refractivity contribution in [2.75, 3.05) is 0 Å². The van der Waals surface area contributed by atoms with E-state index >= 15 is 0 Å². The van der Waals surface area contributed by atoms with Crippen LogP contribution in [0.4, 0.5) is 0 Å². The first-order chi connectivity index (χ1) is 8.25. The normalized spacial score (nSPS) is 45.1. The Hall–Kier alpha value is -0.340. The van der Waals surface area contributed by atoms with E-state index in [-0.39, 0.29) is 11.5 Å². The van der Waals surface area contributed by atoms with Gasteiger partial charge in [-0.3, -0.25) is 0 Å². The van der Waals surface area contributed by atoms with Crippen molar-refractivity contribution in [3.05, 3.63) is 22.4 Å². The van der Waals surface area contributed by atoms with E-state index in [9.17, 15) is 5.11 Å².